The molecule has 0 aliphatic carbocycles. The molecule has 1 aromatic rings. The number of benzene rings is 1. The van der Waals surface area contributed by atoms with Gasteiger partial charge >= 0.3 is 0 Å². The van der Waals surface area contributed by atoms with Crippen LogP contribution in [0.1, 0.15) is 25.0 Å². The van der Waals surface area contributed by atoms with Gasteiger partial charge in [-0.2, -0.15) is 0 Å². The minimum Gasteiger partial charge on any atom is -0.398 e. The van der Waals surface area contributed by atoms with Crippen molar-refractivity contribution in [2.24, 2.45) is 0 Å². The largest absolute Gasteiger partial charge is 0.398 e. The van der Waals surface area contributed by atoms with Crippen LogP contribution in [0.4, 0.5) is 5.69 Å². The Bertz CT molecular complexity index is 511. The number of hydrogen-bond acceptors (Lipinski definition) is 4. The van der Waals surface area contributed by atoms with Crippen molar-refractivity contribution in [3.05, 3.63) is 35.5 Å². The zero-order valence-corrected chi connectivity index (χ0v) is 11.4. The van der Waals surface area contributed by atoms with E-state index in [0.29, 0.717) is 6.61 Å². The number of nitrogens with two attached hydrogens (primary N) is 1. The van der Waals surface area contributed by atoms with Crippen molar-refractivity contribution in [1.29, 1.82) is 0 Å². The van der Waals surface area contributed by atoms with Gasteiger partial charge in [0.25, 0.3) is 0 Å². The number of hydrogen-bond donors (Lipinski definition) is 1. The number of nitrogens with zero attached hydrogens (tertiary/aromatic N) is 1. The van der Waals surface area contributed by atoms with Crippen molar-refractivity contribution in [2.45, 2.75) is 32.3 Å². The van der Waals surface area contributed by atoms with Crippen molar-refractivity contribution in [1.82, 2.24) is 4.90 Å². The highest BCUT2D eigenvalue weighted by atomic mass is 16.7. The molecule has 4 heteroatoms. The lowest BCUT2D eigenvalue weighted by atomic mass is 10.0. The van der Waals surface area contributed by atoms with Crippen molar-refractivity contribution in [2.75, 3.05) is 18.9 Å². The van der Waals surface area contributed by atoms with Crippen molar-refractivity contribution < 1.29 is 9.47 Å². The Hall–Kier alpha value is -1.52. The first-order chi connectivity index (χ1) is 9.03. The molecule has 0 aromatic heterocycles. The zero-order chi connectivity index (χ0) is 13.5. The molecule has 2 heterocycles. The summed E-state index contributed by atoms with van der Waals surface area (Å²) in [5, 5.41) is 0. The summed E-state index contributed by atoms with van der Waals surface area (Å²) < 4.78 is 11.4. The van der Waals surface area contributed by atoms with Gasteiger partial charge in [-0.25, -0.2) is 0 Å². The molecule has 3 rings (SSSR count). The first kappa shape index (κ1) is 12.5. The molecule has 2 aliphatic heterocycles. The second-order valence-corrected chi connectivity index (χ2v) is 5.62. The normalized spacial score (nSPS) is 24.5. The van der Waals surface area contributed by atoms with E-state index in [-0.39, 0.29) is 6.10 Å². The van der Waals surface area contributed by atoms with E-state index >= 15 is 0 Å². The van der Waals surface area contributed by atoms with E-state index in [9.17, 15) is 0 Å². The maximum Gasteiger partial charge on any atom is 0.163 e. The predicted molar refractivity (Wildman–Crippen MR) is 75.2 cm³/mol. The first-order valence-corrected chi connectivity index (χ1v) is 6.65. The Morgan fingerprint density at radius 2 is 2.26 bits per heavy atom. The molecular weight excluding hydrogens is 240 g/mol. The van der Waals surface area contributed by atoms with Gasteiger partial charge in [-0.1, -0.05) is 12.1 Å². The summed E-state index contributed by atoms with van der Waals surface area (Å²) in [4.78, 5) is 2.25. The summed E-state index contributed by atoms with van der Waals surface area (Å²) in [6.07, 6.45) is 4.30. The molecule has 1 aromatic carbocycles. The molecule has 4 nitrogen and oxygen atoms in total. The van der Waals surface area contributed by atoms with Crippen LogP contribution in [-0.4, -0.2) is 29.9 Å². The molecule has 1 unspecified atom stereocenters. The van der Waals surface area contributed by atoms with E-state index < -0.39 is 5.79 Å². The van der Waals surface area contributed by atoms with Crippen LogP contribution in [0.3, 0.4) is 0 Å². The Kier molecular flexibility index (Phi) is 2.99. The SMILES string of the molecule is CC1(C)OCC(CN2C=Cc3c(N)cccc3C2)O1. The fraction of sp³-hybridized carbons (Fsp3) is 0.467. The highest BCUT2D eigenvalue weighted by Crippen LogP contribution is 2.27. The van der Waals surface area contributed by atoms with Crippen LogP contribution >= 0.6 is 0 Å². The molecule has 19 heavy (non-hydrogen) atoms. The van der Waals surface area contributed by atoms with Crippen LogP contribution in [0.2, 0.25) is 0 Å². The third kappa shape index (κ3) is 2.60. The zero-order valence-electron chi connectivity index (χ0n) is 11.4. The molecule has 2 aliphatic rings. The highest BCUT2D eigenvalue weighted by Gasteiger charge is 2.33. The van der Waals surface area contributed by atoms with Gasteiger partial charge in [0, 0.05) is 30.5 Å². The summed E-state index contributed by atoms with van der Waals surface area (Å²) in [5.74, 6) is -0.452. The van der Waals surface area contributed by atoms with Crippen molar-refractivity contribution >= 4 is 11.8 Å². The van der Waals surface area contributed by atoms with Gasteiger partial charge in [-0.05, 0) is 31.6 Å². The molecule has 1 fully saturated rings. The minimum atomic E-state index is -0.452. The maximum atomic E-state index is 5.97. The third-order valence-corrected chi connectivity index (χ3v) is 3.56. The van der Waals surface area contributed by atoms with Gasteiger partial charge in [0.15, 0.2) is 5.79 Å². The monoisotopic (exact) mass is 260 g/mol. The lowest BCUT2D eigenvalue weighted by molar-refractivity contribution is -0.139. The number of nitrogen functional groups attached to an aromatic ring is 1. The fourth-order valence-corrected chi connectivity index (χ4v) is 2.67. The van der Waals surface area contributed by atoms with Crippen LogP contribution in [0, 0.1) is 0 Å². The van der Waals surface area contributed by atoms with Crippen LogP contribution in [0.5, 0.6) is 0 Å². The summed E-state index contributed by atoms with van der Waals surface area (Å²) in [7, 11) is 0. The second-order valence-electron chi connectivity index (χ2n) is 5.62. The lowest BCUT2D eigenvalue weighted by Gasteiger charge is -2.28. The Morgan fingerprint density at radius 3 is 3.00 bits per heavy atom. The molecule has 0 bridgehead atoms. The van der Waals surface area contributed by atoms with Crippen LogP contribution < -0.4 is 5.73 Å². The Balaban J connectivity index is 1.67. The van der Waals surface area contributed by atoms with Gasteiger partial charge in [0.05, 0.1) is 6.61 Å². The quantitative estimate of drug-likeness (QED) is 0.828. The molecule has 1 atom stereocenters. The molecule has 1 saturated heterocycles. The van der Waals surface area contributed by atoms with E-state index in [4.69, 9.17) is 15.2 Å². The summed E-state index contributed by atoms with van der Waals surface area (Å²) in [6.45, 7) is 6.27. The van der Waals surface area contributed by atoms with Gasteiger partial charge < -0.3 is 20.1 Å². The van der Waals surface area contributed by atoms with Gasteiger partial charge in [-0.15, -0.1) is 0 Å². The average molecular weight is 260 g/mol. The van der Waals surface area contributed by atoms with Crippen LogP contribution in [0.15, 0.2) is 24.4 Å². The van der Waals surface area contributed by atoms with E-state index in [1.807, 2.05) is 26.0 Å². The second kappa shape index (κ2) is 4.54. The van der Waals surface area contributed by atoms with Crippen LogP contribution in [0.25, 0.3) is 6.08 Å². The van der Waals surface area contributed by atoms with E-state index in [2.05, 4.69) is 23.2 Å². The topological polar surface area (TPSA) is 47.7 Å². The third-order valence-electron chi connectivity index (χ3n) is 3.56. The summed E-state index contributed by atoms with van der Waals surface area (Å²) in [5.41, 5.74) is 9.22. The number of rotatable bonds is 2. The van der Waals surface area contributed by atoms with Crippen molar-refractivity contribution in [3.8, 4) is 0 Å². The molecule has 102 valence electrons. The average Bonchev–Trinajstić information content (AvgIpc) is 2.69. The number of anilines is 1. The summed E-state index contributed by atoms with van der Waals surface area (Å²) in [6, 6.07) is 6.07. The van der Waals surface area contributed by atoms with Crippen LogP contribution in [-0.2, 0) is 16.0 Å². The summed E-state index contributed by atoms with van der Waals surface area (Å²) >= 11 is 0. The standard InChI is InChI=1S/C15H20N2O2/c1-15(2)18-10-12(19-15)9-17-7-6-13-11(8-17)4-3-5-14(13)16/h3-7,12H,8-10,16H2,1-2H3. The Labute approximate surface area is 113 Å². The molecule has 2 N–H and O–H groups in total. The molecule has 0 spiro atoms. The molecule has 0 radical (unpaired) electrons. The van der Waals surface area contributed by atoms with E-state index in [0.717, 1.165) is 24.3 Å². The fourth-order valence-electron chi connectivity index (χ4n) is 2.67. The lowest BCUT2D eigenvalue weighted by Crippen LogP contribution is -2.32. The highest BCUT2D eigenvalue weighted by molar-refractivity contribution is 5.68. The molecular formula is C15H20N2O2. The number of ether oxygens (including phenoxy) is 2. The minimum absolute atomic E-state index is 0.127. The first-order valence-electron chi connectivity index (χ1n) is 6.65. The van der Waals surface area contributed by atoms with Crippen molar-refractivity contribution in [3.63, 3.8) is 0 Å². The van der Waals surface area contributed by atoms with E-state index in [1.165, 1.54) is 5.56 Å². The van der Waals surface area contributed by atoms with Gasteiger partial charge in [0.1, 0.15) is 6.10 Å². The maximum absolute atomic E-state index is 5.97. The number of fused-ring (bicyclic) bond motifs is 1. The van der Waals surface area contributed by atoms with E-state index in [1.54, 1.807) is 0 Å². The van der Waals surface area contributed by atoms with Gasteiger partial charge in [-0.3, -0.25) is 0 Å². The van der Waals surface area contributed by atoms with Gasteiger partial charge in [0.2, 0.25) is 0 Å². The predicted octanol–water partition coefficient (Wildman–Crippen LogP) is 2.21. The molecule has 0 amide bonds. The Morgan fingerprint density at radius 1 is 1.42 bits per heavy atom. The molecule has 0 saturated carbocycles. The smallest absolute Gasteiger partial charge is 0.163 e.